The van der Waals surface area contributed by atoms with Crippen LogP contribution in [0.1, 0.15) is 47.8 Å². The number of nitrogens with one attached hydrogen (secondary N) is 2. The number of fused-ring (bicyclic) bond motifs is 1. The molecule has 0 bridgehead atoms. The van der Waals surface area contributed by atoms with Crippen molar-refractivity contribution in [2.24, 2.45) is 0 Å². The van der Waals surface area contributed by atoms with Crippen molar-refractivity contribution >= 4 is 22.8 Å². The van der Waals surface area contributed by atoms with E-state index in [0.717, 1.165) is 11.0 Å². The Morgan fingerprint density at radius 2 is 2.03 bits per heavy atom. The Labute approximate surface area is 192 Å². The number of carbonyl (C=O) groups is 1. The van der Waals surface area contributed by atoms with E-state index < -0.39 is 48.0 Å². The SMILES string of the molecule is O=C(c1n[nH]c2ncnc(N[C@@H]3CCC[C@@H](O)[C@H]3O)c12)N1C[C@@H](F)C[C@@H]1c1cccc(F)c1F. The highest BCUT2D eigenvalue weighted by Gasteiger charge is 2.40. The molecule has 3 heterocycles. The Bertz CT molecular complexity index is 1220. The van der Waals surface area contributed by atoms with Gasteiger partial charge >= 0.3 is 0 Å². The Kier molecular flexibility index (Phi) is 5.86. The zero-order chi connectivity index (χ0) is 24.0. The molecular formula is C22H23F3N6O3. The van der Waals surface area contributed by atoms with Crippen LogP contribution >= 0.6 is 0 Å². The standard InChI is InChI=1S/C22H23F3N6O3/c23-10-7-14(11-3-1-4-12(24)17(11)25)31(8-10)22(34)18-16-20(26-9-27-21(16)30-29-18)28-13-5-2-6-15(32)19(13)33/h1,3-4,9-10,13-15,19,32-33H,2,5-8H2,(H2,26,27,28,29,30)/t10-,13+,14+,15+,19-/m0/s1. The summed E-state index contributed by atoms with van der Waals surface area (Å²) in [4.78, 5) is 22.9. The third-order valence-corrected chi connectivity index (χ3v) is 6.56. The Morgan fingerprint density at radius 1 is 1.21 bits per heavy atom. The summed E-state index contributed by atoms with van der Waals surface area (Å²) < 4.78 is 42.7. The number of likely N-dealkylation sites (tertiary alicyclic amines) is 1. The van der Waals surface area contributed by atoms with Crippen LogP contribution in [-0.4, -0.2) is 72.2 Å². The van der Waals surface area contributed by atoms with Gasteiger partial charge in [0, 0.05) is 12.0 Å². The highest BCUT2D eigenvalue weighted by molar-refractivity contribution is 6.07. The first-order valence-corrected chi connectivity index (χ1v) is 11.1. The van der Waals surface area contributed by atoms with Crippen LogP contribution in [0.5, 0.6) is 0 Å². The molecule has 180 valence electrons. The van der Waals surface area contributed by atoms with Crippen molar-refractivity contribution in [1.29, 1.82) is 0 Å². The van der Waals surface area contributed by atoms with Crippen LogP contribution in [0.4, 0.5) is 19.0 Å². The Hall–Kier alpha value is -3.25. The molecule has 1 saturated heterocycles. The first kappa shape index (κ1) is 22.5. The number of amides is 1. The van der Waals surface area contributed by atoms with Crippen molar-refractivity contribution in [2.45, 2.75) is 56.1 Å². The van der Waals surface area contributed by atoms with Crippen molar-refractivity contribution in [2.75, 3.05) is 11.9 Å². The molecule has 1 aliphatic heterocycles. The summed E-state index contributed by atoms with van der Waals surface area (Å²) in [5.74, 6) is -2.68. The quantitative estimate of drug-likeness (QED) is 0.455. The van der Waals surface area contributed by atoms with Gasteiger partial charge in [-0.15, -0.1) is 0 Å². The molecule has 1 aliphatic carbocycles. The van der Waals surface area contributed by atoms with Crippen LogP contribution in [0.15, 0.2) is 24.5 Å². The van der Waals surface area contributed by atoms with E-state index in [2.05, 4.69) is 25.5 Å². The minimum atomic E-state index is -1.42. The number of nitrogens with zero attached hydrogens (tertiary/aromatic N) is 4. The van der Waals surface area contributed by atoms with Crippen molar-refractivity contribution in [1.82, 2.24) is 25.1 Å². The fraction of sp³-hybridized carbons (Fsp3) is 0.455. The number of halogens is 3. The lowest BCUT2D eigenvalue weighted by molar-refractivity contribution is -0.0161. The van der Waals surface area contributed by atoms with Gasteiger partial charge in [-0.2, -0.15) is 5.10 Å². The van der Waals surface area contributed by atoms with E-state index in [9.17, 15) is 28.2 Å². The highest BCUT2D eigenvalue weighted by Crippen LogP contribution is 2.37. The predicted molar refractivity (Wildman–Crippen MR) is 115 cm³/mol. The maximum Gasteiger partial charge on any atom is 0.275 e. The molecule has 34 heavy (non-hydrogen) atoms. The average molecular weight is 476 g/mol. The number of aromatic nitrogens is 4. The number of aliphatic hydroxyl groups is 2. The number of aromatic amines is 1. The first-order chi connectivity index (χ1) is 16.3. The first-order valence-electron chi connectivity index (χ1n) is 11.1. The van der Waals surface area contributed by atoms with E-state index in [0.29, 0.717) is 19.3 Å². The molecule has 1 saturated carbocycles. The molecule has 0 spiro atoms. The summed E-state index contributed by atoms with van der Waals surface area (Å²) in [6, 6.07) is 2.07. The van der Waals surface area contributed by atoms with Gasteiger partial charge in [0.25, 0.3) is 5.91 Å². The summed E-state index contributed by atoms with van der Waals surface area (Å²) in [6.07, 6.45) is -0.531. The van der Waals surface area contributed by atoms with Crippen LogP contribution in [-0.2, 0) is 0 Å². The number of H-pyrrole nitrogens is 1. The smallest absolute Gasteiger partial charge is 0.275 e. The van der Waals surface area contributed by atoms with Crippen LogP contribution in [0.25, 0.3) is 11.0 Å². The summed E-state index contributed by atoms with van der Waals surface area (Å²) in [6.45, 7) is -0.308. The van der Waals surface area contributed by atoms with Gasteiger partial charge in [-0.25, -0.2) is 23.1 Å². The largest absolute Gasteiger partial charge is 0.390 e. The van der Waals surface area contributed by atoms with E-state index in [1.807, 2.05) is 0 Å². The molecule has 0 unspecified atom stereocenters. The Balaban J connectivity index is 1.50. The summed E-state index contributed by atoms with van der Waals surface area (Å²) in [5.41, 5.74) is 0.0123. The van der Waals surface area contributed by atoms with Crippen LogP contribution in [0, 0.1) is 11.6 Å². The van der Waals surface area contributed by atoms with Crippen LogP contribution in [0.2, 0.25) is 0 Å². The van der Waals surface area contributed by atoms with E-state index in [4.69, 9.17) is 0 Å². The predicted octanol–water partition coefficient (Wildman–Crippen LogP) is 2.24. The van der Waals surface area contributed by atoms with Crippen LogP contribution < -0.4 is 5.32 Å². The minimum Gasteiger partial charge on any atom is -0.390 e. The van der Waals surface area contributed by atoms with E-state index in [1.54, 1.807) is 0 Å². The van der Waals surface area contributed by atoms with Crippen molar-refractivity contribution < 1.29 is 28.2 Å². The number of hydrogen-bond acceptors (Lipinski definition) is 7. The number of carbonyl (C=O) groups excluding carboxylic acids is 1. The molecule has 2 aromatic heterocycles. The molecule has 1 aromatic carbocycles. The van der Waals surface area contributed by atoms with Crippen molar-refractivity contribution in [3.63, 3.8) is 0 Å². The molecule has 2 aliphatic rings. The molecular weight excluding hydrogens is 453 g/mol. The number of anilines is 1. The second-order valence-electron chi connectivity index (χ2n) is 8.71. The lowest BCUT2D eigenvalue weighted by Crippen LogP contribution is -2.45. The van der Waals surface area contributed by atoms with Gasteiger partial charge in [0.2, 0.25) is 0 Å². The van der Waals surface area contributed by atoms with Gasteiger partial charge in [-0.3, -0.25) is 9.89 Å². The third kappa shape index (κ3) is 3.86. The monoisotopic (exact) mass is 476 g/mol. The van der Waals surface area contributed by atoms with Crippen molar-refractivity contribution in [3.05, 3.63) is 47.4 Å². The Morgan fingerprint density at radius 3 is 2.85 bits per heavy atom. The third-order valence-electron chi connectivity index (χ3n) is 6.56. The zero-order valence-corrected chi connectivity index (χ0v) is 18.0. The number of benzene rings is 1. The van der Waals surface area contributed by atoms with Gasteiger partial charge in [0.15, 0.2) is 23.0 Å². The fourth-order valence-corrected chi connectivity index (χ4v) is 4.83. The highest BCUT2D eigenvalue weighted by atomic mass is 19.2. The van der Waals surface area contributed by atoms with Gasteiger partial charge in [0.05, 0.1) is 36.2 Å². The van der Waals surface area contributed by atoms with Gasteiger partial charge in [-0.1, -0.05) is 12.1 Å². The summed E-state index contributed by atoms with van der Waals surface area (Å²) >= 11 is 0. The van der Waals surface area contributed by atoms with E-state index in [1.165, 1.54) is 18.5 Å². The number of rotatable bonds is 4. The molecule has 2 fully saturated rings. The van der Waals surface area contributed by atoms with E-state index >= 15 is 0 Å². The van der Waals surface area contributed by atoms with E-state index in [-0.39, 0.29) is 41.1 Å². The maximum absolute atomic E-state index is 14.5. The maximum atomic E-state index is 14.5. The normalized spacial score (nSPS) is 27.3. The van der Waals surface area contributed by atoms with Gasteiger partial charge < -0.3 is 20.4 Å². The second-order valence-corrected chi connectivity index (χ2v) is 8.71. The molecule has 12 heteroatoms. The second kappa shape index (κ2) is 8.84. The molecule has 5 rings (SSSR count). The number of hydrogen-bond donors (Lipinski definition) is 4. The number of alkyl halides is 1. The lowest BCUT2D eigenvalue weighted by atomic mass is 9.90. The molecule has 5 atom stereocenters. The zero-order valence-electron chi connectivity index (χ0n) is 18.0. The van der Waals surface area contributed by atoms with Crippen LogP contribution in [0.3, 0.4) is 0 Å². The minimum absolute atomic E-state index is 0.109. The van der Waals surface area contributed by atoms with Gasteiger partial charge in [-0.05, 0) is 25.3 Å². The lowest BCUT2D eigenvalue weighted by Gasteiger charge is -2.32. The molecule has 3 aromatic rings. The molecule has 9 nitrogen and oxygen atoms in total. The van der Waals surface area contributed by atoms with Crippen molar-refractivity contribution in [3.8, 4) is 0 Å². The topological polar surface area (TPSA) is 127 Å². The molecule has 0 radical (unpaired) electrons. The summed E-state index contributed by atoms with van der Waals surface area (Å²) in [5, 5.41) is 30.3. The number of aliphatic hydroxyl groups excluding tert-OH is 2. The average Bonchev–Trinajstić information content (AvgIpc) is 3.43. The van der Waals surface area contributed by atoms with Gasteiger partial charge in [0.1, 0.15) is 18.3 Å². The molecule has 1 amide bonds. The molecule has 4 N–H and O–H groups in total. The fourth-order valence-electron chi connectivity index (χ4n) is 4.83. The summed E-state index contributed by atoms with van der Waals surface area (Å²) in [7, 11) is 0.